The van der Waals surface area contributed by atoms with Gasteiger partial charge >= 0.3 is 0 Å². The summed E-state index contributed by atoms with van der Waals surface area (Å²) < 4.78 is 26.0. The molecule has 1 aromatic heterocycles. The van der Waals surface area contributed by atoms with Crippen LogP contribution in [0.25, 0.3) is 0 Å². The van der Waals surface area contributed by atoms with E-state index in [9.17, 15) is 8.42 Å². The van der Waals surface area contributed by atoms with Crippen LogP contribution in [0.1, 0.15) is 17.8 Å². The zero-order chi connectivity index (χ0) is 14.8. The van der Waals surface area contributed by atoms with Crippen molar-refractivity contribution in [1.29, 1.82) is 0 Å². The van der Waals surface area contributed by atoms with Crippen LogP contribution < -0.4 is 10.0 Å². The summed E-state index contributed by atoms with van der Waals surface area (Å²) in [7, 11) is -3.26. The Hall–Kier alpha value is -1.05. The SMILES string of the molecule is CC(Nc1cccc(NS(C)(=O)=O)c1)c1sccc1Br. The van der Waals surface area contributed by atoms with Crippen LogP contribution in [0, 0.1) is 0 Å². The number of sulfonamides is 1. The molecule has 2 rings (SSSR count). The van der Waals surface area contributed by atoms with Gasteiger partial charge in [0.25, 0.3) is 0 Å². The molecule has 0 spiro atoms. The summed E-state index contributed by atoms with van der Waals surface area (Å²) in [6.07, 6.45) is 1.14. The van der Waals surface area contributed by atoms with Gasteiger partial charge in [-0.15, -0.1) is 11.3 Å². The molecule has 1 heterocycles. The highest BCUT2D eigenvalue weighted by molar-refractivity contribution is 9.10. The van der Waals surface area contributed by atoms with Gasteiger partial charge in [0, 0.05) is 15.0 Å². The fourth-order valence-electron chi connectivity index (χ4n) is 1.82. The molecule has 2 N–H and O–H groups in total. The van der Waals surface area contributed by atoms with Gasteiger partial charge in [0.05, 0.1) is 18.0 Å². The first kappa shape index (κ1) is 15.3. The number of hydrogen-bond donors (Lipinski definition) is 2. The van der Waals surface area contributed by atoms with Crippen LogP contribution in [0.5, 0.6) is 0 Å². The molecular weight excluding hydrogens is 360 g/mol. The second kappa shape index (κ2) is 6.15. The van der Waals surface area contributed by atoms with Crippen molar-refractivity contribution in [3.05, 3.63) is 45.1 Å². The number of halogens is 1. The fraction of sp³-hybridized carbons (Fsp3) is 0.231. The van der Waals surface area contributed by atoms with Crippen molar-refractivity contribution in [3.63, 3.8) is 0 Å². The second-order valence-electron chi connectivity index (χ2n) is 4.45. The molecule has 0 saturated carbocycles. The maximum absolute atomic E-state index is 11.2. The Balaban J connectivity index is 2.14. The van der Waals surface area contributed by atoms with E-state index < -0.39 is 10.0 Å². The molecule has 1 aromatic carbocycles. The van der Waals surface area contributed by atoms with E-state index in [4.69, 9.17) is 0 Å². The van der Waals surface area contributed by atoms with Gasteiger partial charge in [-0.2, -0.15) is 0 Å². The number of hydrogen-bond acceptors (Lipinski definition) is 4. The van der Waals surface area contributed by atoms with Crippen molar-refractivity contribution in [2.45, 2.75) is 13.0 Å². The molecule has 0 aliphatic carbocycles. The highest BCUT2D eigenvalue weighted by Crippen LogP contribution is 2.31. The predicted molar refractivity (Wildman–Crippen MR) is 89.0 cm³/mol. The predicted octanol–water partition coefficient (Wildman–Crippen LogP) is 4.06. The Bertz CT molecular complexity index is 698. The van der Waals surface area contributed by atoms with Crippen LogP contribution in [0.3, 0.4) is 0 Å². The molecule has 0 saturated heterocycles. The monoisotopic (exact) mass is 374 g/mol. The molecular formula is C13H15BrN2O2S2. The summed E-state index contributed by atoms with van der Waals surface area (Å²) in [4.78, 5) is 1.20. The third kappa shape index (κ3) is 4.22. The normalized spacial score (nSPS) is 12.9. The van der Waals surface area contributed by atoms with Crippen molar-refractivity contribution in [2.75, 3.05) is 16.3 Å². The first-order chi connectivity index (χ1) is 9.35. The standard InChI is InChI=1S/C13H15BrN2O2S2/c1-9(13-12(14)6-7-19-13)15-10-4-3-5-11(8-10)16-20(2,17)18/h3-9,15-16H,1-2H3. The molecule has 108 valence electrons. The van der Waals surface area contributed by atoms with E-state index in [1.165, 1.54) is 4.88 Å². The van der Waals surface area contributed by atoms with Crippen LogP contribution in [0.2, 0.25) is 0 Å². The average molecular weight is 375 g/mol. The lowest BCUT2D eigenvalue weighted by molar-refractivity contribution is 0.607. The number of thiophene rings is 1. The quantitative estimate of drug-likeness (QED) is 0.829. The number of nitrogens with one attached hydrogen (secondary N) is 2. The average Bonchev–Trinajstić information content (AvgIpc) is 2.73. The highest BCUT2D eigenvalue weighted by atomic mass is 79.9. The number of anilines is 2. The van der Waals surface area contributed by atoms with Gasteiger partial charge in [-0.1, -0.05) is 6.07 Å². The van der Waals surface area contributed by atoms with E-state index in [0.717, 1.165) is 16.4 Å². The topological polar surface area (TPSA) is 58.2 Å². The smallest absolute Gasteiger partial charge is 0.229 e. The van der Waals surface area contributed by atoms with Gasteiger partial charge in [0.2, 0.25) is 10.0 Å². The van der Waals surface area contributed by atoms with Crippen LogP contribution in [0.4, 0.5) is 11.4 Å². The summed E-state index contributed by atoms with van der Waals surface area (Å²) in [5, 5.41) is 5.38. The molecule has 2 aromatic rings. The van der Waals surface area contributed by atoms with Crippen LogP contribution in [0.15, 0.2) is 40.2 Å². The Morgan fingerprint density at radius 3 is 2.55 bits per heavy atom. The third-order valence-electron chi connectivity index (χ3n) is 2.59. The van der Waals surface area contributed by atoms with Gasteiger partial charge in [-0.05, 0) is 52.5 Å². The zero-order valence-electron chi connectivity index (χ0n) is 11.1. The van der Waals surface area contributed by atoms with Gasteiger partial charge < -0.3 is 5.32 Å². The summed E-state index contributed by atoms with van der Waals surface area (Å²) in [5.41, 5.74) is 1.42. The molecule has 4 nitrogen and oxygen atoms in total. The van der Waals surface area contributed by atoms with Crippen LogP contribution >= 0.6 is 27.3 Å². The fourth-order valence-corrected chi connectivity index (χ4v) is 4.10. The van der Waals surface area contributed by atoms with E-state index in [1.54, 1.807) is 23.5 Å². The van der Waals surface area contributed by atoms with Gasteiger partial charge in [-0.25, -0.2) is 8.42 Å². The zero-order valence-corrected chi connectivity index (χ0v) is 14.3. The van der Waals surface area contributed by atoms with Gasteiger partial charge in [0.1, 0.15) is 0 Å². The van der Waals surface area contributed by atoms with E-state index in [2.05, 4.69) is 32.9 Å². The summed E-state index contributed by atoms with van der Waals surface area (Å²) in [5.74, 6) is 0. The second-order valence-corrected chi connectivity index (χ2v) is 8.00. The summed E-state index contributed by atoms with van der Waals surface area (Å²) in [6.45, 7) is 2.06. The third-order valence-corrected chi connectivity index (χ3v) is 5.25. The molecule has 0 bridgehead atoms. The summed E-state index contributed by atoms with van der Waals surface area (Å²) >= 11 is 5.18. The van der Waals surface area contributed by atoms with Crippen LogP contribution in [-0.4, -0.2) is 14.7 Å². The first-order valence-corrected chi connectivity index (χ1v) is 9.49. The van der Waals surface area contributed by atoms with Gasteiger partial charge in [-0.3, -0.25) is 4.72 Å². The molecule has 0 fully saturated rings. The molecule has 0 aliphatic rings. The lowest BCUT2D eigenvalue weighted by atomic mass is 10.2. The minimum atomic E-state index is -3.26. The largest absolute Gasteiger partial charge is 0.378 e. The van der Waals surface area contributed by atoms with E-state index >= 15 is 0 Å². The molecule has 0 amide bonds. The molecule has 0 radical (unpaired) electrons. The molecule has 20 heavy (non-hydrogen) atoms. The highest BCUT2D eigenvalue weighted by Gasteiger charge is 2.11. The Kier molecular flexibility index (Phi) is 4.72. The lowest BCUT2D eigenvalue weighted by Gasteiger charge is -2.15. The molecule has 0 aliphatic heterocycles. The Labute approximate surface area is 131 Å². The van der Waals surface area contributed by atoms with Crippen molar-refractivity contribution < 1.29 is 8.42 Å². The van der Waals surface area contributed by atoms with Crippen molar-refractivity contribution in [1.82, 2.24) is 0 Å². The number of rotatable bonds is 5. The first-order valence-electron chi connectivity index (χ1n) is 5.92. The van der Waals surface area contributed by atoms with Gasteiger partial charge in [0.15, 0.2) is 0 Å². The number of benzene rings is 1. The Morgan fingerprint density at radius 2 is 1.95 bits per heavy atom. The molecule has 7 heteroatoms. The maximum Gasteiger partial charge on any atom is 0.229 e. The summed E-state index contributed by atoms with van der Waals surface area (Å²) in [6, 6.07) is 9.37. The molecule has 1 unspecified atom stereocenters. The maximum atomic E-state index is 11.2. The Morgan fingerprint density at radius 1 is 1.25 bits per heavy atom. The van der Waals surface area contributed by atoms with E-state index in [-0.39, 0.29) is 6.04 Å². The minimum absolute atomic E-state index is 0.137. The minimum Gasteiger partial charge on any atom is -0.378 e. The van der Waals surface area contributed by atoms with Crippen LogP contribution in [-0.2, 0) is 10.0 Å². The van der Waals surface area contributed by atoms with E-state index in [1.807, 2.05) is 23.6 Å². The van der Waals surface area contributed by atoms with Crippen molar-refractivity contribution in [3.8, 4) is 0 Å². The van der Waals surface area contributed by atoms with E-state index in [0.29, 0.717) is 5.69 Å². The van der Waals surface area contributed by atoms with Crippen molar-refractivity contribution in [2.24, 2.45) is 0 Å². The van der Waals surface area contributed by atoms with Crippen molar-refractivity contribution >= 4 is 48.7 Å². The lowest BCUT2D eigenvalue weighted by Crippen LogP contribution is -2.10. The molecule has 1 atom stereocenters.